The van der Waals surface area contributed by atoms with Crippen LogP contribution in [0.15, 0.2) is 17.8 Å². The zero-order valence-electron chi connectivity index (χ0n) is 13.9. The van der Waals surface area contributed by atoms with Crippen molar-refractivity contribution >= 4 is 29.7 Å². The van der Waals surface area contributed by atoms with E-state index in [1.54, 1.807) is 10.9 Å². The Kier molecular flexibility index (Phi) is 6.64. The molecule has 1 aliphatic rings. The first-order valence-electron chi connectivity index (χ1n) is 7.83. The molecule has 1 fully saturated rings. The highest BCUT2D eigenvalue weighted by Crippen LogP contribution is 2.30. The molecular formula is C15H19ClF3N5OS. The fourth-order valence-electron chi connectivity index (χ4n) is 2.92. The van der Waals surface area contributed by atoms with Gasteiger partial charge in [0.15, 0.2) is 5.69 Å². The van der Waals surface area contributed by atoms with Gasteiger partial charge < -0.3 is 10.6 Å². The second-order valence-electron chi connectivity index (χ2n) is 5.98. The second-order valence-corrected chi connectivity index (χ2v) is 6.93. The molecule has 144 valence electrons. The Bertz CT molecular complexity index is 748. The average Bonchev–Trinajstić information content (AvgIpc) is 3.25. The highest BCUT2D eigenvalue weighted by molar-refractivity contribution is 7.09. The molecule has 0 aromatic carbocycles. The van der Waals surface area contributed by atoms with Crippen molar-refractivity contribution in [1.29, 1.82) is 0 Å². The van der Waals surface area contributed by atoms with Crippen LogP contribution in [0.3, 0.4) is 0 Å². The molecular weight excluding hydrogens is 391 g/mol. The summed E-state index contributed by atoms with van der Waals surface area (Å²) < 4.78 is 39.3. The smallest absolute Gasteiger partial charge is 0.355 e. The van der Waals surface area contributed by atoms with Crippen LogP contribution in [0.2, 0.25) is 0 Å². The van der Waals surface area contributed by atoms with Gasteiger partial charge in [0.1, 0.15) is 0 Å². The number of thiazole rings is 1. The zero-order chi connectivity index (χ0) is 18.0. The number of carbonyl (C=O) groups is 1. The van der Waals surface area contributed by atoms with Gasteiger partial charge in [-0.25, -0.2) is 4.98 Å². The van der Waals surface area contributed by atoms with E-state index in [0.717, 1.165) is 22.3 Å². The third-order valence-electron chi connectivity index (χ3n) is 4.18. The lowest BCUT2D eigenvalue weighted by Crippen LogP contribution is -2.35. The first-order valence-corrected chi connectivity index (χ1v) is 8.71. The Morgan fingerprint density at radius 1 is 1.46 bits per heavy atom. The first-order chi connectivity index (χ1) is 11.8. The summed E-state index contributed by atoms with van der Waals surface area (Å²) in [6.07, 6.45) is -0.493. The maximum absolute atomic E-state index is 12.5. The Morgan fingerprint density at radius 2 is 2.23 bits per heavy atom. The minimum atomic E-state index is -4.43. The Balaban J connectivity index is 0.00000243. The number of nitrogens with zero attached hydrogens (tertiary/aromatic N) is 3. The van der Waals surface area contributed by atoms with E-state index < -0.39 is 11.9 Å². The lowest BCUT2D eigenvalue weighted by molar-refractivity contribution is -0.140. The topological polar surface area (TPSA) is 71.8 Å². The summed E-state index contributed by atoms with van der Waals surface area (Å²) in [4.78, 5) is 16.0. The van der Waals surface area contributed by atoms with Crippen molar-refractivity contribution in [3.8, 4) is 0 Å². The lowest BCUT2D eigenvalue weighted by atomic mass is 9.90. The number of hydrogen-bond donors (Lipinski definition) is 2. The fourth-order valence-corrected chi connectivity index (χ4v) is 3.72. The summed E-state index contributed by atoms with van der Waals surface area (Å²) in [7, 11) is 1.82. The molecule has 0 unspecified atom stereocenters. The van der Waals surface area contributed by atoms with Crippen LogP contribution in [-0.4, -0.2) is 40.3 Å². The van der Waals surface area contributed by atoms with Crippen LogP contribution >= 0.6 is 23.7 Å². The van der Waals surface area contributed by atoms with Crippen LogP contribution in [0.5, 0.6) is 0 Å². The molecule has 1 amide bonds. The van der Waals surface area contributed by atoms with Crippen molar-refractivity contribution in [1.82, 2.24) is 25.4 Å². The van der Waals surface area contributed by atoms with E-state index in [-0.39, 0.29) is 43.1 Å². The van der Waals surface area contributed by atoms with E-state index in [1.165, 1.54) is 0 Å². The highest BCUT2D eigenvalue weighted by Gasteiger charge is 2.35. The van der Waals surface area contributed by atoms with Crippen LogP contribution < -0.4 is 10.6 Å². The quantitative estimate of drug-likeness (QED) is 0.792. The van der Waals surface area contributed by atoms with E-state index in [2.05, 4.69) is 20.7 Å². The van der Waals surface area contributed by atoms with Crippen molar-refractivity contribution in [2.75, 3.05) is 19.6 Å². The van der Waals surface area contributed by atoms with Gasteiger partial charge in [0, 0.05) is 50.6 Å². The minimum Gasteiger partial charge on any atom is -0.355 e. The molecule has 2 atom stereocenters. The van der Waals surface area contributed by atoms with Crippen LogP contribution in [0, 0.1) is 5.92 Å². The standard InChI is InChI=1S/C15H18F3N5OS.ClH/c1-23-7-9(4-21-23)10-5-19-6-11(10)14(24)20-3-2-13-22-12(8-25-13)15(16,17)18;/h4,7-8,10-11,19H,2-3,5-6H2,1H3,(H,20,24);1H/t10-,11+;/m1./s1. The predicted octanol–water partition coefficient (Wildman–Crippen LogP) is 1.98. The van der Waals surface area contributed by atoms with Gasteiger partial charge in [0.2, 0.25) is 5.91 Å². The van der Waals surface area contributed by atoms with Gasteiger partial charge in [-0.3, -0.25) is 9.48 Å². The number of alkyl halides is 3. The third kappa shape index (κ3) is 4.74. The molecule has 1 aliphatic heterocycles. The van der Waals surface area contributed by atoms with Gasteiger partial charge in [-0.1, -0.05) is 0 Å². The van der Waals surface area contributed by atoms with Crippen molar-refractivity contribution in [2.45, 2.75) is 18.5 Å². The number of rotatable bonds is 5. The van der Waals surface area contributed by atoms with E-state index in [1.807, 2.05) is 13.2 Å². The molecule has 0 saturated carbocycles. The summed E-state index contributed by atoms with van der Waals surface area (Å²) in [5.74, 6) is -0.275. The number of nitrogens with one attached hydrogen (secondary N) is 2. The molecule has 2 aromatic rings. The van der Waals surface area contributed by atoms with Crippen LogP contribution in [0.4, 0.5) is 13.2 Å². The van der Waals surface area contributed by atoms with Crippen molar-refractivity contribution in [3.63, 3.8) is 0 Å². The SMILES string of the molecule is Cl.Cn1cc([C@H]2CNC[C@@H]2C(=O)NCCc2nc(C(F)(F)F)cs2)cn1. The second kappa shape index (κ2) is 8.36. The zero-order valence-corrected chi connectivity index (χ0v) is 15.5. The number of carbonyl (C=O) groups excluding carboxylic acids is 1. The van der Waals surface area contributed by atoms with E-state index in [0.29, 0.717) is 18.1 Å². The van der Waals surface area contributed by atoms with Gasteiger partial charge in [0.05, 0.1) is 17.1 Å². The molecule has 26 heavy (non-hydrogen) atoms. The molecule has 0 aliphatic carbocycles. The number of halogens is 4. The average molecular weight is 410 g/mol. The van der Waals surface area contributed by atoms with Crippen molar-refractivity contribution in [2.24, 2.45) is 13.0 Å². The minimum absolute atomic E-state index is 0. The summed E-state index contributed by atoms with van der Waals surface area (Å²) in [5, 5.41) is 11.5. The fraction of sp³-hybridized carbons (Fsp3) is 0.533. The van der Waals surface area contributed by atoms with Crippen molar-refractivity contribution in [3.05, 3.63) is 34.0 Å². The summed E-state index contributed by atoms with van der Waals surface area (Å²) in [6.45, 7) is 1.53. The summed E-state index contributed by atoms with van der Waals surface area (Å²) in [6, 6.07) is 0. The third-order valence-corrected chi connectivity index (χ3v) is 5.09. The molecule has 3 heterocycles. The maximum atomic E-state index is 12.5. The van der Waals surface area contributed by atoms with Gasteiger partial charge in [-0.2, -0.15) is 18.3 Å². The Labute approximate surface area is 158 Å². The van der Waals surface area contributed by atoms with Gasteiger partial charge >= 0.3 is 6.18 Å². The monoisotopic (exact) mass is 409 g/mol. The number of amides is 1. The van der Waals surface area contributed by atoms with E-state index in [9.17, 15) is 18.0 Å². The highest BCUT2D eigenvalue weighted by atomic mass is 35.5. The molecule has 3 rings (SSSR count). The van der Waals surface area contributed by atoms with Gasteiger partial charge in [0.25, 0.3) is 0 Å². The normalized spacial score (nSPS) is 20.0. The largest absolute Gasteiger partial charge is 0.434 e. The van der Waals surface area contributed by atoms with E-state index in [4.69, 9.17) is 0 Å². The van der Waals surface area contributed by atoms with E-state index >= 15 is 0 Å². The van der Waals surface area contributed by atoms with Crippen LogP contribution in [-0.2, 0) is 24.4 Å². The molecule has 6 nitrogen and oxygen atoms in total. The lowest BCUT2D eigenvalue weighted by Gasteiger charge is -2.16. The summed E-state index contributed by atoms with van der Waals surface area (Å²) in [5.41, 5.74) is 0.123. The van der Waals surface area contributed by atoms with Gasteiger partial charge in [-0.15, -0.1) is 23.7 Å². The number of aromatic nitrogens is 3. The summed E-state index contributed by atoms with van der Waals surface area (Å²) >= 11 is 0.955. The van der Waals surface area contributed by atoms with Crippen molar-refractivity contribution < 1.29 is 18.0 Å². The number of hydrogen-bond acceptors (Lipinski definition) is 5. The van der Waals surface area contributed by atoms with Gasteiger partial charge in [-0.05, 0) is 5.56 Å². The number of aryl methyl sites for hydroxylation is 1. The molecule has 1 saturated heterocycles. The van der Waals surface area contributed by atoms with Crippen LogP contribution in [0.25, 0.3) is 0 Å². The maximum Gasteiger partial charge on any atom is 0.434 e. The predicted molar refractivity (Wildman–Crippen MR) is 93.4 cm³/mol. The molecule has 2 aromatic heterocycles. The Hall–Kier alpha value is -1.65. The Morgan fingerprint density at radius 3 is 2.85 bits per heavy atom. The molecule has 0 radical (unpaired) electrons. The molecule has 0 bridgehead atoms. The van der Waals surface area contributed by atoms with Crippen LogP contribution in [0.1, 0.15) is 22.2 Å². The molecule has 2 N–H and O–H groups in total. The molecule has 0 spiro atoms. The first kappa shape index (κ1) is 20.7. The molecule has 11 heteroatoms.